The summed E-state index contributed by atoms with van der Waals surface area (Å²) in [7, 11) is 0. The zero-order valence-corrected chi connectivity index (χ0v) is 24.6. The summed E-state index contributed by atoms with van der Waals surface area (Å²) in [6, 6.07) is 11.2. The van der Waals surface area contributed by atoms with Gasteiger partial charge < -0.3 is 33.2 Å². The molecule has 1 fully saturated rings. The second kappa shape index (κ2) is 13.3. The first-order valence-corrected chi connectivity index (χ1v) is 13.8. The summed E-state index contributed by atoms with van der Waals surface area (Å²) in [5, 5.41) is 0. The summed E-state index contributed by atoms with van der Waals surface area (Å²) >= 11 is 3.61. The molecule has 41 heavy (non-hydrogen) atoms. The van der Waals surface area contributed by atoms with Gasteiger partial charge in [0.25, 0.3) is 0 Å². The molecule has 12 heteroatoms. The maximum absolute atomic E-state index is 12.2. The fourth-order valence-electron chi connectivity index (χ4n) is 4.82. The van der Waals surface area contributed by atoms with Crippen LogP contribution in [0, 0.1) is 0 Å². The van der Waals surface area contributed by atoms with Crippen LogP contribution in [0.4, 0.5) is 0 Å². The van der Waals surface area contributed by atoms with Crippen molar-refractivity contribution in [2.24, 2.45) is 0 Å². The SMILES string of the molecule is CC(=O)OCC1OC(c2ccc(Br)c(Cc3ccc4c(c3)OCCO4)c2)C(OC(C)=O)C(OC(C)=O)C1OC(C)=O. The lowest BCUT2D eigenvalue weighted by Crippen LogP contribution is -2.59. The molecule has 4 rings (SSSR count). The van der Waals surface area contributed by atoms with Crippen molar-refractivity contribution in [3.05, 3.63) is 57.6 Å². The Morgan fingerprint density at radius 2 is 1.41 bits per heavy atom. The van der Waals surface area contributed by atoms with Crippen molar-refractivity contribution in [2.75, 3.05) is 19.8 Å². The Morgan fingerprint density at radius 1 is 0.780 bits per heavy atom. The number of hydrogen-bond acceptors (Lipinski definition) is 11. The van der Waals surface area contributed by atoms with E-state index in [1.807, 2.05) is 30.3 Å². The third-order valence-electron chi connectivity index (χ3n) is 6.39. The first-order valence-electron chi connectivity index (χ1n) is 13.0. The molecule has 2 heterocycles. The number of rotatable bonds is 8. The van der Waals surface area contributed by atoms with Crippen LogP contribution >= 0.6 is 15.9 Å². The summed E-state index contributed by atoms with van der Waals surface area (Å²) in [5.74, 6) is -1.26. The van der Waals surface area contributed by atoms with E-state index in [1.165, 1.54) is 27.7 Å². The van der Waals surface area contributed by atoms with Gasteiger partial charge in [0.05, 0.1) is 0 Å². The fourth-order valence-corrected chi connectivity index (χ4v) is 5.21. The summed E-state index contributed by atoms with van der Waals surface area (Å²) in [4.78, 5) is 48.0. The Kier molecular flexibility index (Phi) is 9.87. The smallest absolute Gasteiger partial charge is 0.303 e. The standard InChI is InChI=1S/C29H31BrO11/c1-15(31)37-14-25-27(38-16(2)32)29(40-18(4)34)28(39-17(3)33)26(41-25)20-6-7-22(30)21(13-20)11-19-5-8-23-24(12-19)36-10-9-35-23/h5-8,12-13,25-29H,9-11,14H2,1-4H3. The first-order chi connectivity index (χ1) is 19.5. The van der Waals surface area contributed by atoms with Crippen molar-refractivity contribution in [1.82, 2.24) is 0 Å². The van der Waals surface area contributed by atoms with E-state index < -0.39 is 54.4 Å². The summed E-state index contributed by atoms with van der Waals surface area (Å²) in [5.41, 5.74) is 2.44. The van der Waals surface area contributed by atoms with Gasteiger partial charge in [-0.05, 0) is 41.3 Å². The second-order valence-electron chi connectivity index (χ2n) is 9.63. The van der Waals surface area contributed by atoms with Gasteiger partial charge in [0.2, 0.25) is 0 Å². The number of fused-ring (bicyclic) bond motifs is 1. The van der Waals surface area contributed by atoms with Gasteiger partial charge in [0, 0.05) is 32.2 Å². The molecule has 2 aliphatic rings. The van der Waals surface area contributed by atoms with Gasteiger partial charge in [-0.1, -0.05) is 34.1 Å². The third kappa shape index (κ3) is 7.76. The van der Waals surface area contributed by atoms with Crippen LogP contribution in [-0.4, -0.2) is 68.1 Å². The number of benzene rings is 2. The van der Waals surface area contributed by atoms with Crippen molar-refractivity contribution in [3.63, 3.8) is 0 Å². The van der Waals surface area contributed by atoms with Gasteiger partial charge in [-0.15, -0.1) is 0 Å². The van der Waals surface area contributed by atoms with Crippen LogP contribution in [0.15, 0.2) is 40.9 Å². The quantitative estimate of drug-likeness (QED) is 0.311. The normalized spacial score (nSPS) is 23.2. The average Bonchev–Trinajstić information content (AvgIpc) is 2.90. The number of carbonyl (C=O) groups is 4. The minimum absolute atomic E-state index is 0.297. The van der Waals surface area contributed by atoms with Crippen LogP contribution < -0.4 is 9.47 Å². The largest absolute Gasteiger partial charge is 0.486 e. The van der Waals surface area contributed by atoms with Crippen molar-refractivity contribution < 1.29 is 52.3 Å². The van der Waals surface area contributed by atoms with E-state index in [4.69, 9.17) is 33.2 Å². The van der Waals surface area contributed by atoms with E-state index in [1.54, 1.807) is 6.07 Å². The van der Waals surface area contributed by atoms with Gasteiger partial charge in [0.15, 0.2) is 29.8 Å². The highest BCUT2D eigenvalue weighted by Crippen LogP contribution is 2.39. The van der Waals surface area contributed by atoms with E-state index >= 15 is 0 Å². The van der Waals surface area contributed by atoms with Gasteiger partial charge in [-0.25, -0.2) is 0 Å². The molecule has 5 unspecified atom stereocenters. The number of halogens is 1. The van der Waals surface area contributed by atoms with Crippen LogP contribution in [0.2, 0.25) is 0 Å². The topological polar surface area (TPSA) is 133 Å². The van der Waals surface area contributed by atoms with E-state index in [-0.39, 0.29) is 6.61 Å². The predicted octanol–water partition coefficient (Wildman–Crippen LogP) is 3.61. The van der Waals surface area contributed by atoms with Gasteiger partial charge in [-0.2, -0.15) is 0 Å². The molecule has 0 amide bonds. The molecule has 1 saturated heterocycles. The number of hydrogen-bond donors (Lipinski definition) is 0. The molecule has 2 aromatic carbocycles. The van der Waals surface area contributed by atoms with E-state index in [0.29, 0.717) is 36.7 Å². The molecule has 0 spiro atoms. The van der Waals surface area contributed by atoms with Gasteiger partial charge in [0.1, 0.15) is 32.0 Å². The Morgan fingerprint density at radius 3 is 2.07 bits per heavy atom. The summed E-state index contributed by atoms with van der Waals surface area (Å²) in [6.07, 6.45) is -5.14. The van der Waals surface area contributed by atoms with Crippen LogP contribution in [0.3, 0.4) is 0 Å². The van der Waals surface area contributed by atoms with E-state index in [0.717, 1.165) is 15.6 Å². The highest BCUT2D eigenvalue weighted by molar-refractivity contribution is 9.10. The third-order valence-corrected chi connectivity index (χ3v) is 7.16. The van der Waals surface area contributed by atoms with Gasteiger partial charge >= 0.3 is 23.9 Å². The van der Waals surface area contributed by atoms with E-state index in [2.05, 4.69) is 15.9 Å². The molecule has 0 saturated carbocycles. The first kappa shape index (κ1) is 30.3. The molecule has 2 aliphatic heterocycles. The van der Waals surface area contributed by atoms with Crippen molar-refractivity contribution in [2.45, 2.75) is 64.6 Å². The molecule has 0 aliphatic carbocycles. The summed E-state index contributed by atoms with van der Waals surface area (Å²) < 4.78 is 40.3. The molecular formula is C29H31BrO11. The maximum atomic E-state index is 12.2. The zero-order chi connectivity index (χ0) is 29.7. The highest BCUT2D eigenvalue weighted by Gasteiger charge is 2.52. The van der Waals surface area contributed by atoms with Crippen LogP contribution in [0.5, 0.6) is 11.5 Å². The van der Waals surface area contributed by atoms with Gasteiger partial charge in [-0.3, -0.25) is 19.2 Å². The Bertz CT molecular complexity index is 1310. The number of carbonyl (C=O) groups excluding carboxylic acids is 4. The predicted molar refractivity (Wildman–Crippen MR) is 145 cm³/mol. The number of esters is 4. The number of ether oxygens (including phenoxy) is 7. The van der Waals surface area contributed by atoms with Crippen molar-refractivity contribution >= 4 is 39.8 Å². The molecule has 5 atom stereocenters. The highest BCUT2D eigenvalue weighted by atomic mass is 79.9. The minimum atomic E-state index is -1.25. The van der Waals surface area contributed by atoms with E-state index in [9.17, 15) is 19.2 Å². The monoisotopic (exact) mass is 634 g/mol. The van der Waals surface area contributed by atoms with Crippen molar-refractivity contribution in [3.8, 4) is 11.5 Å². The molecule has 11 nitrogen and oxygen atoms in total. The Hall–Kier alpha value is -3.64. The molecular weight excluding hydrogens is 604 g/mol. The Labute approximate surface area is 245 Å². The molecule has 0 aromatic heterocycles. The molecule has 0 bridgehead atoms. The average molecular weight is 635 g/mol. The van der Waals surface area contributed by atoms with Crippen LogP contribution in [-0.2, 0) is 49.3 Å². The van der Waals surface area contributed by atoms with Crippen LogP contribution in [0.1, 0.15) is 50.5 Å². The fraction of sp³-hybridized carbons (Fsp3) is 0.448. The minimum Gasteiger partial charge on any atom is -0.486 e. The van der Waals surface area contributed by atoms with Crippen LogP contribution in [0.25, 0.3) is 0 Å². The lowest BCUT2D eigenvalue weighted by molar-refractivity contribution is -0.254. The lowest BCUT2D eigenvalue weighted by Gasteiger charge is -2.44. The molecule has 2 aromatic rings. The molecule has 0 radical (unpaired) electrons. The van der Waals surface area contributed by atoms with Crippen molar-refractivity contribution in [1.29, 1.82) is 0 Å². The Balaban J connectivity index is 1.72. The molecule has 0 N–H and O–H groups in total. The summed E-state index contributed by atoms with van der Waals surface area (Å²) in [6.45, 7) is 5.48. The maximum Gasteiger partial charge on any atom is 0.303 e. The zero-order valence-electron chi connectivity index (χ0n) is 23.0. The lowest BCUT2D eigenvalue weighted by atomic mass is 9.89. The molecule has 220 valence electrons. The second-order valence-corrected chi connectivity index (χ2v) is 10.5.